The van der Waals surface area contributed by atoms with Gasteiger partial charge in [0.25, 0.3) is 5.56 Å². The predicted molar refractivity (Wildman–Crippen MR) is 159 cm³/mol. The van der Waals surface area contributed by atoms with Gasteiger partial charge < -0.3 is 20.1 Å². The first-order valence-electron chi connectivity index (χ1n) is 12.7. The molecular weight excluding hydrogens is 536 g/mol. The van der Waals surface area contributed by atoms with E-state index in [1.54, 1.807) is 50.6 Å². The fraction of sp³-hybridized carbons (Fsp3) is 0.103. The first kappa shape index (κ1) is 27.4. The van der Waals surface area contributed by atoms with Gasteiger partial charge in [-0.05, 0) is 24.3 Å². The fourth-order valence-electron chi connectivity index (χ4n) is 4.01. The number of nitrogens with one attached hydrogen (secondary N) is 4. The van der Waals surface area contributed by atoms with E-state index < -0.39 is 5.56 Å². The zero-order valence-electron chi connectivity index (χ0n) is 22.9. The van der Waals surface area contributed by atoms with Crippen LogP contribution in [-0.2, 0) is 7.05 Å². The lowest BCUT2D eigenvalue weighted by Gasteiger charge is -2.16. The molecule has 0 aliphatic rings. The van der Waals surface area contributed by atoms with Crippen molar-refractivity contribution in [1.82, 2.24) is 24.5 Å². The van der Waals surface area contributed by atoms with E-state index in [1.807, 2.05) is 48.5 Å². The molecule has 0 spiro atoms. The van der Waals surface area contributed by atoms with Gasteiger partial charge in [-0.15, -0.1) is 0 Å². The molecule has 5 rings (SSSR count). The van der Waals surface area contributed by atoms with Crippen molar-refractivity contribution in [2.45, 2.75) is 0 Å². The van der Waals surface area contributed by atoms with E-state index in [0.29, 0.717) is 28.4 Å². The molecule has 0 aliphatic carbocycles. The van der Waals surface area contributed by atoms with Crippen molar-refractivity contribution in [3.63, 3.8) is 0 Å². The predicted octanol–water partition coefficient (Wildman–Crippen LogP) is 4.45. The number of hydrogen-bond acceptors (Lipinski definition) is 12. The summed E-state index contributed by atoms with van der Waals surface area (Å²) in [5, 5.41) is 16.0. The molecule has 0 unspecified atom stereocenters. The summed E-state index contributed by atoms with van der Waals surface area (Å²) in [6.07, 6.45) is 0. The number of para-hydroxylation sites is 4. The Balaban J connectivity index is 1.50. The molecule has 3 aromatic carbocycles. The summed E-state index contributed by atoms with van der Waals surface area (Å²) in [5.41, 5.74) is 7.36. The van der Waals surface area contributed by atoms with Gasteiger partial charge in [-0.1, -0.05) is 54.6 Å². The summed E-state index contributed by atoms with van der Waals surface area (Å²) in [4.78, 5) is 31.0. The standard InChI is InChI=1S/C29H26N10O3/c1-39-25(40)19(17-30)24(18-11-5-4-6-12-18)33-29(39)38-37-28-35-26(31-20-13-7-9-15-22(20)41-2)34-27(36-28)32-21-14-8-10-16-23(21)42-3/h4-16H,1-3H3,(H,33,38)(H3,31,32,34,35,36,37). The Labute approximate surface area is 240 Å². The first-order valence-corrected chi connectivity index (χ1v) is 12.7. The topological polar surface area (TPSA) is 164 Å². The molecule has 13 heteroatoms. The molecular formula is C29H26N10O3. The largest absolute Gasteiger partial charge is 0.495 e. The lowest BCUT2D eigenvalue weighted by atomic mass is 10.1. The summed E-state index contributed by atoms with van der Waals surface area (Å²) in [5.74, 6) is 1.81. The van der Waals surface area contributed by atoms with E-state index in [4.69, 9.17) is 9.47 Å². The minimum Gasteiger partial charge on any atom is -0.495 e. The molecule has 210 valence electrons. The number of nitrogens with zero attached hydrogens (tertiary/aromatic N) is 6. The highest BCUT2D eigenvalue weighted by Crippen LogP contribution is 2.29. The number of hydrogen-bond donors (Lipinski definition) is 4. The van der Waals surface area contributed by atoms with Gasteiger partial charge >= 0.3 is 0 Å². The number of anilines is 6. The molecule has 0 amide bonds. The van der Waals surface area contributed by atoms with E-state index in [2.05, 4.69) is 41.4 Å². The molecule has 2 aromatic heterocycles. The lowest BCUT2D eigenvalue weighted by Crippen LogP contribution is -2.27. The Kier molecular flexibility index (Phi) is 8.06. The Morgan fingerprint density at radius 1 is 0.714 bits per heavy atom. The highest BCUT2D eigenvalue weighted by molar-refractivity contribution is 5.68. The van der Waals surface area contributed by atoms with Gasteiger partial charge in [-0.25, -0.2) is 4.98 Å². The van der Waals surface area contributed by atoms with Crippen LogP contribution in [0.1, 0.15) is 5.56 Å². The molecule has 42 heavy (non-hydrogen) atoms. The van der Waals surface area contributed by atoms with Gasteiger partial charge in [0.15, 0.2) is 0 Å². The van der Waals surface area contributed by atoms with Gasteiger partial charge in [0, 0.05) is 12.6 Å². The lowest BCUT2D eigenvalue weighted by molar-refractivity contribution is 0.417. The third-order valence-electron chi connectivity index (χ3n) is 6.08. The van der Waals surface area contributed by atoms with Crippen LogP contribution < -0.4 is 36.5 Å². The van der Waals surface area contributed by atoms with Crippen molar-refractivity contribution in [1.29, 1.82) is 5.26 Å². The Morgan fingerprint density at radius 3 is 1.79 bits per heavy atom. The van der Waals surface area contributed by atoms with Gasteiger partial charge in [0.2, 0.25) is 23.8 Å². The number of rotatable bonds is 10. The third kappa shape index (κ3) is 5.87. The summed E-state index contributed by atoms with van der Waals surface area (Å²) in [6.45, 7) is 0. The van der Waals surface area contributed by atoms with Crippen molar-refractivity contribution in [2.75, 3.05) is 35.7 Å². The molecule has 0 atom stereocenters. The second-order valence-electron chi connectivity index (χ2n) is 8.71. The third-order valence-corrected chi connectivity index (χ3v) is 6.08. The monoisotopic (exact) mass is 562 g/mol. The summed E-state index contributed by atoms with van der Waals surface area (Å²) < 4.78 is 12.1. The molecule has 2 heterocycles. The van der Waals surface area contributed by atoms with Crippen molar-refractivity contribution >= 4 is 35.2 Å². The van der Waals surface area contributed by atoms with Crippen molar-refractivity contribution < 1.29 is 9.47 Å². The van der Waals surface area contributed by atoms with E-state index in [9.17, 15) is 10.1 Å². The minimum atomic E-state index is -0.511. The molecule has 0 bridgehead atoms. The molecule has 0 saturated carbocycles. The highest BCUT2D eigenvalue weighted by Gasteiger charge is 2.17. The normalized spacial score (nSPS) is 10.3. The van der Waals surface area contributed by atoms with E-state index in [-0.39, 0.29) is 35.1 Å². The second-order valence-corrected chi connectivity index (χ2v) is 8.71. The number of hydrazine groups is 1. The smallest absolute Gasteiger partial charge is 0.273 e. The number of aromatic nitrogens is 5. The molecule has 0 saturated heterocycles. The van der Waals surface area contributed by atoms with Crippen molar-refractivity contribution in [2.24, 2.45) is 7.05 Å². The van der Waals surface area contributed by atoms with Gasteiger partial charge in [-0.2, -0.15) is 20.2 Å². The molecule has 0 radical (unpaired) electrons. The van der Waals surface area contributed by atoms with Gasteiger partial charge in [0.05, 0.1) is 31.3 Å². The van der Waals surface area contributed by atoms with Crippen LogP contribution in [0.2, 0.25) is 0 Å². The highest BCUT2D eigenvalue weighted by atomic mass is 16.5. The van der Waals surface area contributed by atoms with E-state index in [1.165, 1.54) is 11.6 Å². The van der Waals surface area contributed by atoms with Crippen LogP contribution in [0.4, 0.5) is 35.2 Å². The van der Waals surface area contributed by atoms with E-state index in [0.717, 1.165) is 0 Å². The van der Waals surface area contributed by atoms with Crippen molar-refractivity contribution in [3.8, 4) is 28.8 Å². The van der Waals surface area contributed by atoms with Crippen LogP contribution >= 0.6 is 0 Å². The maximum Gasteiger partial charge on any atom is 0.273 e. The Hall–Kier alpha value is -6.16. The first-order chi connectivity index (χ1) is 20.5. The van der Waals surface area contributed by atoms with Crippen LogP contribution in [0.3, 0.4) is 0 Å². The molecule has 0 aliphatic heterocycles. The molecule has 13 nitrogen and oxygen atoms in total. The average molecular weight is 563 g/mol. The van der Waals surface area contributed by atoms with Crippen LogP contribution in [0.15, 0.2) is 83.7 Å². The quantitative estimate of drug-likeness (QED) is 0.177. The Morgan fingerprint density at radius 2 is 1.24 bits per heavy atom. The zero-order chi connectivity index (χ0) is 29.5. The van der Waals surface area contributed by atoms with Crippen LogP contribution in [0.5, 0.6) is 11.5 Å². The summed E-state index contributed by atoms with van der Waals surface area (Å²) in [7, 11) is 4.64. The number of ether oxygens (including phenoxy) is 2. The summed E-state index contributed by atoms with van der Waals surface area (Å²) in [6, 6.07) is 25.6. The maximum atomic E-state index is 13.0. The van der Waals surface area contributed by atoms with Gasteiger partial charge in [-0.3, -0.25) is 20.2 Å². The zero-order valence-corrected chi connectivity index (χ0v) is 22.9. The number of nitriles is 1. The average Bonchev–Trinajstić information content (AvgIpc) is 3.02. The van der Waals surface area contributed by atoms with Crippen LogP contribution in [0, 0.1) is 11.3 Å². The van der Waals surface area contributed by atoms with Crippen molar-refractivity contribution in [3.05, 3.63) is 94.8 Å². The molecule has 0 fully saturated rings. The fourth-order valence-corrected chi connectivity index (χ4v) is 4.01. The molecule has 4 N–H and O–H groups in total. The maximum absolute atomic E-state index is 13.0. The van der Waals surface area contributed by atoms with Crippen LogP contribution in [-0.4, -0.2) is 38.7 Å². The van der Waals surface area contributed by atoms with Gasteiger partial charge in [0.1, 0.15) is 23.1 Å². The minimum absolute atomic E-state index is 0.0685. The number of benzene rings is 3. The Bertz CT molecular complexity index is 1750. The SMILES string of the molecule is COc1ccccc1Nc1nc(NNc2nc(-c3ccccc3)c(C#N)c(=O)n2C)nc(Nc2ccccc2OC)n1. The van der Waals surface area contributed by atoms with Crippen LogP contribution in [0.25, 0.3) is 11.3 Å². The van der Waals surface area contributed by atoms with E-state index >= 15 is 0 Å². The number of methoxy groups -OCH3 is 2. The summed E-state index contributed by atoms with van der Waals surface area (Å²) >= 11 is 0. The second kappa shape index (κ2) is 12.3. The molecule has 5 aromatic rings.